The first-order valence-electron chi connectivity index (χ1n) is 9.81. The molecule has 156 valence electrons. The maximum Gasteiger partial charge on any atom is 0.341 e. The molecule has 29 heavy (non-hydrogen) atoms. The molecule has 0 aliphatic rings. The van der Waals surface area contributed by atoms with Gasteiger partial charge in [-0.2, -0.15) is 0 Å². The number of aryl methyl sites for hydroxylation is 1. The van der Waals surface area contributed by atoms with Gasteiger partial charge in [0.1, 0.15) is 5.00 Å². The Bertz CT molecular complexity index is 872. The van der Waals surface area contributed by atoms with E-state index in [4.69, 9.17) is 4.74 Å². The van der Waals surface area contributed by atoms with E-state index in [-0.39, 0.29) is 30.4 Å². The molecule has 0 saturated carbocycles. The third kappa shape index (κ3) is 5.90. The predicted octanol–water partition coefficient (Wildman–Crippen LogP) is 4.12. The molecular weight excluding hydrogens is 388 g/mol. The summed E-state index contributed by atoms with van der Waals surface area (Å²) in [5.74, 6) is -1.10. The number of unbranched alkanes of at least 4 members (excludes halogenated alkanes) is 1. The molecule has 2 aromatic rings. The Morgan fingerprint density at radius 2 is 1.72 bits per heavy atom. The van der Waals surface area contributed by atoms with Crippen molar-refractivity contribution in [2.24, 2.45) is 0 Å². The normalized spacial score (nSPS) is 10.5. The van der Waals surface area contributed by atoms with E-state index in [2.05, 4.69) is 17.6 Å². The molecule has 2 amide bonds. The van der Waals surface area contributed by atoms with Gasteiger partial charge in [-0.1, -0.05) is 37.6 Å². The lowest BCUT2D eigenvalue weighted by Crippen LogP contribution is -2.18. The van der Waals surface area contributed by atoms with Crippen molar-refractivity contribution in [1.29, 1.82) is 0 Å². The Kier molecular flexibility index (Phi) is 8.39. The highest BCUT2D eigenvalue weighted by Gasteiger charge is 2.26. The van der Waals surface area contributed by atoms with Crippen LogP contribution in [0.3, 0.4) is 0 Å². The molecule has 0 radical (unpaired) electrons. The van der Waals surface area contributed by atoms with Gasteiger partial charge in [0.15, 0.2) is 0 Å². The van der Waals surface area contributed by atoms with E-state index in [1.165, 1.54) is 12.6 Å². The highest BCUT2D eigenvalue weighted by Crippen LogP contribution is 2.34. The summed E-state index contributed by atoms with van der Waals surface area (Å²) < 4.78 is 5.11. The van der Waals surface area contributed by atoms with Gasteiger partial charge in [0, 0.05) is 7.05 Å². The smallest absolute Gasteiger partial charge is 0.341 e. The van der Waals surface area contributed by atoms with E-state index < -0.39 is 5.97 Å². The van der Waals surface area contributed by atoms with Crippen LogP contribution in [0, 0.1) is 6.92 Å². The number of carbonyl (C=O) groups excluding carboxylic acids is 3. The number of thiophene rings is 1. The minimum Gasteiger partial charge on any atom is -0.462 e. The summed E-state index contributed by atoms with van der Waals surface area (Å²) in [5.41, 5.74) is 2.88. The van der Waals surface area contributed by atoms with Crippen molar-refractivity contribution in [2.75, 3.05) is 19.0 Å². The van der Waals surface area contributed by atoms with Crippen molar-refractivity contribution in [2.45, 2.75) is 46.5 Å². The van der Waals surface area contributed by atoms with Crippen molar-refractivity contribution in [3.63, 3.8) is 0 Å². The summed E-state index contributed by atoms with van der Waals surface area (Å²) in [5, 5.41) is 5.68. The Morgan fingerprint density at radius 3 is 2.31 bits per heavy atom. The number of hydrogen-bond acceptors (Lipinski definition) is 5. The minimum absolute atomic E-state index is 0.183. The van der Waals surface area contributed by atoms with Crippen LogP contribution < -0.4 is 10.6 Å². The van der Waals surface area contributed by atoms with Crippen molar-refractivity contribution in [3.8, 4) is 0 Å². The average Bonchev–Trinajstić information content (AvgIpc) is 3.02. The lowest BCUT2D eigenvalue weighted by Gasteiger charge is -2.08. The van der Waals surface area contributed by atoms with Crippen LogP contribution in [0.2, 0.25) is 0 Å². The van der Waals surface area contributed by atoms with Crippen LogP contribution in [0.1, 0.15) is 63.4 Å². The third-order valence-corrected chi connectivity index (χ3v) is 5.73. The van der Waals surface area contributed by atoms with E-state index in [1.807, 2.05) is 24.3 Å². The van der Waals surface area contributed by atoms with E-state index in [9.17, 15) is 14.4 Å². The number of rotatable bonds is 9. The molecule has 0 spiro atoms. The average molecular weight is 417 g/mol. The van der Waals surface area contributed by atoms with Crippen LogP contribution in [0.4, 0.5) is 5.00 Å². The fourth-order valence-corrected chi connectivity index (χ4v) is 4.10. The molecule has 0 saturated heterocycles. The van der Waals surface area contributed by atoms with Gasteiger partial charge in [-0.15, -0.1) is 11.3 Å². The third-order valence-electron chi connectivity index (χ3n) is 4.52. The summed E-state index contributed by atoms with van der Waals surface area (Å²) in [6.45, 7) is 5.76. The first-order valence-corrected chi connectivity index (χ1v) is 10.6. The van der Waals surface area contributed by atoms with Gasteiger partial charge in [0.05, 0.1) is 23.5 Å². The van der Waals surface area contributed by atoms with Crippen molar-refractivity contribution in [1.82, 2.24) is 5.32 Å². The van der Waals surface area contributed by atoms with E-state index in [0.717, 1.165) is 36.2 Å². The second-order valence-corrected chi connectivity index (χ2v) is 7.73. The van der Waals surface area contributed by atoms with Crippen LogP contribution in [-0.4, -0.2) is 31.4 Å². The molecule has 0 bridgehead atoms. The molecule has 2 N–H and O–H groups in total. The number of benzene rings is 1. The maximum absolute atomic E-state index is 12.6. The Morgan fingerprint density at radius 1 is 1.07 bits per heavy atom. The van der Waals surface area contributed by atoms with Crippen molar-refractivity contribution in [3.05, 3.63) is 51.4 Å². The molecule has 7 heteroatoms. The highest BCUT2D eigenvalue weighted by atomic mass is 32.1. The predicted molar refractivity (Wildman–Crippen MR) is 116 cm³/mol. The molecule has 0 atom stereocenters. The van der Waals surface area contributed by atoms with Crippen LogP contribution in [0.25, 0.3) is 0 Å². The molecule has 1 aromatic heterocycles. The van der Waals surface area contributed by atoms with Gasteiger partial charge in [-0.05, 0) is 43.4 Å². The zero-order valence-corrected chi connectivity index (χ0v) is 18.2. The molecular formula is C22H28N2O4S. The highest BCUT2D eigenvalue weighted by molar-refractivity contribution is 7.18. The summed E-state index contributed by atoms with van der Waals surface area (Å²) in [4.78, 5) is 37.4. The van der Waals surface area contributed by atoms with Crippen LogP contribution in [0.5, 0.6) is 0 Å². The van der Waals surface area contributed by atoms with E-state index >= 15 is 0 Å². The van der Waals surface area contributed by atoms with E-state index in [0.29, 0.717) is 15.4 Å². The molecule has 0 aliphatic carbocycles. The SMILES string of the molecule is CCCCc1ccc(CC(=O)Nc2sc(C(=O)NC)c(C)c2C(=O)OCC)cc1. The van der Waals surface area contributed by atoms with Gasteiger partial charge < -0.3 is 15.4 Å². The summed E-state index contributed by atoms with van der Waals surface area (Å²) in [6, 6.07) is 7.99. The number of hydrogen-bond donors (Lipinski definition) is 2. The Labute approximate surface area is 175 Å². The van der Waals surface area contributed by atoms with Crippen LogP contribution in [-0.2, 0) is 22.4 Å². The molecule has 0 unspecified atom stereocenters. The quantitative estimate of drug-likeness (QED) is 0.602. The van der Waals surface area contributed by atoms with Crippen molar-refractivity contribution < 1.29 is 19.1 Å². The number of carbonyl (C=O) groups is 3. The van der Waals surface area contributed by atoms with Crippen molar-refractivity contribution >= 4 is 34.1 Å². The lowest BCUT2D eigenvalue weighted by molar-refractivity contribution is -0.115. The van der Waals surface area contributed by atoms with Gasteiger partial charge in [-0.3, -0.25) is 9.59 Å². The standard InChI is InChI=1S/C22H28N2O4S/c1-5-7-8-15-9-11-16(12-10-15)13-17(25)24-21-18(22(27)28-6-2)14(3)19(29-21)20(26)23-4/h9-12H,5-8,13H2,1-4H3,(H,23,26)(H,24,25). The minimum atomic E-state index is -0.549. The van der Waals surface area contributed by atoms with Gasteiger partial charge in [0.2, 0.25) is 5.91 Å². The first kappa shape index (κ1) is 22.6. The number of nitrogens with one attached hydrogen (secondary N) is 2. The topological polar surface area (TPSA) is 84.5 Å². The largest absolute Gasteiger partial charge is 0.462 e. The van der Waals surface area contributed by atoms with Gasteiger partial charge >= 0.3 is 5.97 Å². The van der Waals surface area contributed by atoms with Crippen LogP contribution >= 0.6 is 11.3 Å². The summed E-state index contributed by atoms with van der Waals surface area (Å²) in [7, 11) is 1.52. The molecule has 0 fully saturated rings. The monoisotopic (exact) mass is 416 g/mol. The van der Waals surface area contributed by atoms with E-state index in [1.54, 1.807) is 13.8 Å². The fourth-order valence-electron chi connectivity index (χ4n) is 2.94. The maximum atomic E-state index is 12.6. The fraction of sp³-hybridized carbons (Fsp3) is 0.409. The molecule has 2 rings (SSSR count). The first-order chi connectivity index (χ1) is 13.9. The molecule has 1 aromatic carbocycles. The Hall–Kier alpha value is -2.67. The zero-order valence-electron chi connectivity index (χ0n) is 17.4. The second kappa shape index (κ2) is 10.8. The molecule has 6 nitrogen and oxygen atoms in total. The second-order valence-electron chi connectivity index (χ2n) is 6.70. The van der Waals surface area contributed by atoms with Crippen LogP contribution in [0.15, 0.2) is 24.3 Å². The number of amides is 2. The summed E-state index contributed by atoms with van der Waals surface area (Å²) in [6.07, 6.45) is 3.50. The summed E-state index contributed by atoms with van der Waals surface area (Å²) >= 11 is 1.08. The number of ether oxygens (including phenoxy) is 1. The lowest BCUT2D eigenvalue weighted by atomic mass is 10.0. The molecule has 1 heterocycles. The zero-order chi connectivity index (χ0) is 21.4. The van der Waals surface area contributed by atoms with Gasteiger partial charge in [0.25, 0.3) is 5.91 Å². The molecule has 0 aliphatic heterocycles. The number of esters is 1. The van der Waals surface area contributed by atoms with Gasteiger partial charge in [-0.25, -0.2) is 4.79 Å². The Balaban J connectivity index is 2.18. The number of anilines is 1.